The molecule has 0 unspecified atom stereocenters. The van der Waals surface area contributed by atoms with Crippen LogP contribution in [0, 0.1) is 5.92 Å². The van der Waals surface area contributed by atoms with Crippen molar-refractivity contribution in [3.8, 4) is 11.4 Å². The summed E-state index contributed by atoms with van der Waals surface area (Å²) in [5.74, 6) is 0.198. The summed E-state index contributed by atoms with van der Waals surface area (Å²) in [6.45, 7) is 1.19. The third kappa shape index (κ3) is 4.51. The van der Waals surface area contributed by atoms with Gasteiger partial charge in [0.05, 0.1) is 6.10 Å². The monoisotopic (exact) mass is 338 g/mol. The fourth-order valence-corrected chi connectivity index (χ4v) is 2.01. The van der Waals surface area contributed by atoms with E-state index < -0.39 is 18.7 Å². The summed E-state index contributed by atoms with van der Waals surface area (Å²) < 4.78 is 26.4. The first kappa shape index (κ1) is 17.9. The van der Waals surface area contributed by atoms with E-state index in [1.165, 1.54) is 12.4 Å². The number of hydrogen-bond donors (Lipinski definition) is 3. The molecule has 0 fully saturated rings. The van der Waals surface area contributed by atoms with Crippen molar-refractivity contribution in [2.75, 3.05) is 11.9 Å². The van der Waals surface area contributed by atoms with Crippen LogP contribution < -0.4 is 10.6 Å². The second kappa shape index (κ2) is 7.87. The van der Waals surface area contributed by atoms with Gasteiger partial charge in [0.15, 0.2) is 0 Å². The van der Waals surface area contributed by atoms with Crippen LogP contribution in [0.25, 0.3) is 11.4 Å². The summed E-state index contributed by atoms with van der Waals surface area (Å²) in [6, 6.07) is 5.94. The Bertz CT molecular complexity index is 671. The van der Waals surface area contributed by atoms with Gasteiger partial charge in [0.2, 0.25) is 0 Å². The zero-order valence-electron chi connectivity index (χ0n) is 13.4. The zero-order valence-corrected chi connectivity index (χ0v) is 13.4. The van der Waals surface area contributed by atoms with Gasteiger partial charge in [0.1, 0.15) is 5.82 Å². The van der Waals surface area contributed by atoms with Gasteiger partial charge < -0.3 is 15.7 Å². The van der Waals surface area contributed by atoms with Gasteiger partial charge in [-0.25, -0.2) is 9.78 Å². The second-order valence-corrected chi connectivity index (χ2v) is 5.66. The summed E-state index contributed by atoms with van der Waals surface area (Å²) in [6.07, 6.45) is 1.90. The Hall–Kier alpha value is -2.48. The molecule has 6 nitrogen and oxygen atoms in total. The number of nitrogens with one attached hydrogen (secondary N) is 2. The lowest BCUT2D eigenvalue weighted by molar-refractivity contribution is 0.0720. The second-order valence-electron chi connectivity index (χ2n) is 5.66. The van der Waals surface area contributed by atoms with Crippen LogP contribution in [0.4, 0.5) is 19.3 Å². The molecule has 0 aliphatic rings. The maximum Gasteiger partial charge on any atom is 0.320 e. The van der Waals surface area contributed by atoms with E-state index >= 15 is 0 Å². The summed E-state index contributed by atoms with van der Waals surface area (Å²) in [5.41, 5.74) is 1.02. The summed E-state index contributed by atoms with van der Waals surface area (Å²) >= 11 is 0. The highest BCUT2D eigenvalue weighted by molar-refractivity contribution is 5.89. The molecule has 0 bridgehead atoms. The van der Waals surface area contributed by atoms with E-state index in [4.69, 9.17) is 0 Å². The number of benzene rings is 1. The highest BCUT2D eigenvalue weighted by atomic mass is 19.3. The van der Waals surface area contributed by atoms with Crippen molar-refractivity contribution in [1.29, 1.82) is 0 Å². The molecule has 0 spiro atoms. The maximum atomic E-state index is 12.8. The van der Waals surface area contributed by atoms with E-state index in [2.05, 4.69) is 15.6 Å². The van der Waals surface area contributed by atoms with E-state index in [9.17, 15) is 18.7 Å². The third-order valence-corrected chi connectivity index (χ3v) is 3.52. The van der Waals surface area contributed by atoms with Crippen molar-refractivity contribution >= 4 is 11.7 Å². The van der Waals surface area contributed by atoms with E-state index in [-0.39, 0.29) is 18.3 Å². The lowest BCUT2D eigenvalue weighted by Crippen LogP contribution is -2.37. The van der Waals surface area contributed by atoms with E-state index in [1.54, 1.807) is 24.3 Å². The number of alkyl halides is 2. The number of carbonyl (C=O) groups is 1. The first-order valence-corrected chi connectivity index (χ1v) is 7.53. The first-order chi connectivity index (χ1) is 11.4. The van der Waals surface area contributed by atoms with Crippen LogP contribution in [0.15, 0.2) is 36.7 Å². The molecule has 1 aromatic heterocycles. The van der Waals surface area contributed by atoms with Crippen molar-refractivity contribution in [1.82, 2.24) is 14.9 Å². The SMILES string of the molecule is CC(C)[C@H](O)CNC(=O)Nc1ccc(-c2nccn2C(F)F)cc1. The van der Waals surface area contributed by atoms with E-state index in [0.717, 1.165) is 4.57 Å². The zero-order chi connectivity index (χ0) is 17.7. The molecule has 1 aromatic carbocycles. The van der Waals surface area contributed by atoms with Crippen molar-refractivity contribution in [3.63, 3.8) is 0 Å². The molecule has 0 saturated carbocycles. The van der Waals surface area contributed by atoms with Gasteiger partial charge >= 0.3 is 12.6 Å². The quantitative estimate of drug-likeness (QED) is 0.757. The van der Waals surface area contributed by atoms with Crippen LogP contribution >= 0.6 is 0 Å². The number of amides is 2. The van der Waals surface area contributed by atoms with Gasteiger partial charge in [-0.05, 0) is 30.2 Å². The Morgan fingerprint density at radius 1 is 1.29 bits per heavy atom. The number of halogens is 2. The van der Waals surface area contributed by atoms with Crippen molar-refractivity contribution in [2.45, 2.75) is 26.5 Å². The number of urea groups is 1. The summed E-state index contributed by atoms with van der Waals surface area (Å²) in [7, 11) is 0. The third-order valence-electron chi connectivity index (χ3n) is 3.52. The van der Waals surface area contributed by atoms with Gasteiger partial charge in [0, 0.05) is 30.2 Å². The Labute approximate surface area is 138 Å². The number of nitrogens with zero attached hydrogens (tertiary/aromatic N) is 2. The number of anilines is 1. The largest absolute Gasteiger partial charge is 0.391 e. The van der Waals surface area contributed by atoms with Crippen molar-refractivity contribution in [2.24, 2.45) is 5.92 Å². The number of carbonyl (C=O) groups excluding carboxylic acids is 1. The maximum absolute atomic E-state index is 12.8. The number of aromatic nitrogens is 2. The fourth-order valence-electron chi connectivity index (χ4n) is 2.01. The molecule has 1 heterocycles. The van der Waals surface area contributed by atoms with Crippen molar-refractivity contribution in [3.05, 3.63) is 36.7 Å². The van der Waals surface area contributed by atoms with Crippen molar-refractivity contribution < 1.29 is 18.7 Å². The smallest absolute Gasteiger partial charge is 0.320 e. The van der Waals surface area contributed by atoms with Gasteiger partial charge in [0.25, 0.3) is 0 Å². The van der Waals surface area contributed by atoms with Gasteiger partial charge in [-0.15, -0.1) is 0 Å². The Kier molecular flexibility index (Phi) is 5.86. The number of rotatable bonds is 6. The molecule has 0 aliphatic heterocycles. The number of hydrogen-bond acceptors (Lipinski definition) is 3. The molecular formula is C16H20F2N4O2. The molecule has 2 rings (SSSR count). The minimum absolute atomic E-state index is 0.0446. The van der Waals surface area contributed by atoms with Gasteiger partial charge in [-0.1, -0.05) is 13.8 Å². The molecule has 0 radical (unpaired) electrons. The molecule has 8 heteroatoms. The van der Waals surface area contributed by atoms with Crippen LogP contribution in [0.2, 0.25) is 0 Å². The van der Waals surface area contributed by atoms with E-state index in [0.29, 0.717) is 11.3 Å². The molecule has 130 valence electrons. The van der Waals surface area contributed by atoms with Crippen LogP contribution in [-0.4, -0.2) is 33.3 Å². The lowest BCUT2D eigenvalue weighted by Gasteiger charge is -2.15. The molecule has 1 atom stereocenters. The fraction of sp³-hybridized carbons (Fsp3) is 0.375. The number of aliphatic hydroxyl groups excluding tert-OH is 1. The predicted molar refractivity (Wildman–Crippen MR) is 86.8 cm³/mol. The Morgan fingerprint density at radius 3 is 2.54 bits per heavy atom. The van der Waals surface area contributed by atoms with Gasteiger partial charge in [-0.3, -0.25) is 4.57 Å². The van der Waals surface area contributed by atoms with Gasteiger partial charge in [-0.2, -0.15) is 8.78 Å². The Morgan fingerprint density at radius 2 is 1.96 bits per heavy atom. The van der Waals surface area contributed by atoms with Crippen LogP contribution in [0.5, 0.6) is 0 Å². The number of aliphatic hydroxyl groups is 1. The first-order valence-electron chi connectivity index (χ1n) is 7.53. The predicted octanol–water partition coefficient (Wildman–Crippen LogP) is 3.08. The Balaban J connectivity index is 1.97. The average Bonchev–Trinajstić information content (AvgIpc) is 3.03. The molecule has 2 aromatic rings. The molecule has 2 amide bonds. The van der Waals surface area contributed by atoms with Crippen LogP contribution in [-0.2, 0) is 0 Å². The standard InChI is InChI=1S/C16H20F2N4O2/c1-10(2)13(23)9-20-16(24)21-12-5-3-11(4-6-12)14-19-7-8-22(14)15(17)18/h3-8,10,13,15,23H,9H2,1-2H3,(H2,20,21,24)/t13-/m1/s1. The topological polar surface area (TPSA) is 79.2 Å². The highest BCUT2D eigenvalue weighted by Gasteiger charge is 2.13. The molecular weight excluding hydrogens is 318 g/mol. The molecule has 3 N–H and O–H groups in total. The molecule has 24 heavy (non-hydrogen) atoms. The minimum Gasteiger partial charge on any atom is -0.391 e. The molecule has 0 saturated heterocycles. The van der Waals surface area contributed by atoms with Crippen LogP contribution in [0.1, 0.15) is 20.4 Å². The van der Waals surface area contributed by atoms with E-state index in [1.807, 2.05) is 13.8 Å². The van der Waals surface area contributed by atoms with Crippen LogP contribution in [0.3, 0.4) is 0 Å². The number of imidazole rings is 1. The normalized spacial score (nSPS) is 12.5. The summed E-state index contributed by atoms with van der Waals surface area (Å²) in [5, 5.41) is 14.8. The molecule has 0 aliphatic carbocycles. The minimum atomic E-state index is -2.67. The average molecular weight is 338 g/mol. The lowest BCUT2D eigenvalue weighted by atomic mass is 10.1. The highest BCUT2D eigenvalue weighted by Crippen LogP contribution is 2.24. The summed E-state index contributed by atoms with van der Waals surface area (Å²) in [4.78, 5) is 15.7.